The Balaban J connectivity index is 1.94. The van der Waals surface area contributed by atoms with E-state index in [1.807, 2.05) is 18.2 Å². The molecule has 0 spiro atoms. The Morgan fingerprint density at radius 1 is 1.15 bits per heavy atom. The topological polar surface area (TPSA) is 46.2 Å². The quantitative estimate of drug-likeness (QED) is 0.768. The molecule has 20 heavy (non-hydrogen) atoms. The van der Waals surface area contributed by atoms with Gasteiger partial charge >= 0.3 is 0 Å². The normalized spacial score (nSPS) is 22.8. The molecule has 0 bridgehead atoms. The van der Waals surface area contributed by atoms with Crippen LogP contribution < -0.4 is 5.73 Å². The first-order valence-electron chi connectivity index (χ1n) is 7.40. The summed E-state index contributed by atoms with van der Waals surface area (Å²) in [5.74, 6) is 0.913. The van der Waals surface area contributed by atoms with Crippen molar-refractivity contribution in [3.63, 3.8) is 0 Å². The van der Waals surface area contributed by atoms with Crippen LogP contribution in [-0.2, 0) is 0 Å². The minimum atomic E-state index is 0.371. The molecule has 0 saturated carbocycles. The van der Waals surface area contributed by atoms with Crippen molar-refractivity contribution in [3.05, 3.63) is 65.0 Å². The van der Waals surface area contributed by atoms with Crippen LogP contribution in [0.1, 0.15) is 43.6 Å². The van der Waals surface area contributed by atoms with E-state index in [-0.39, 0.29) is 0 Å². The molecule has 0 unspecified atom stereocenters. The van der Waals surface area contributed by atoms with Gasteiger partial charge in [0.1, 0.15) is 0 Å². The summed E-state index contributed by atoms with van der Waals surface area (Å²) in [6.07, 6.45) is 11.6. The van der Waals surface area contributed by atoms with E-state index >= 15 is 0 Å². The molecule has 0 heterocycles. The van der Waals surface area contributed by atoms with Gasteiger partial charge in [0.25, 0.3) is 0 Å². The molecule has 2 nitrogen and oxygen atoms in total. The third-order valence-electron chi connectivity index (χ3n) is 4.25. The van der Waals surface area contributed by atoms with Crippen molar-refractivity contribution in [3.8, 4) is 0 Å². The van der Waals surface area contributed by atoms with Gasteiger partial charge in [-0.25, -0.2) is 0 Å². The second-order valence-electron chi connectivity index (χ2n) is 5.62. The molecule has 1 aromatic carbocycles. The molecule has 3 rings (SSSR count). The summed E-state index contributed by atoms with van der Waals surface area (Å²) < 4.78 is 0. The number of rotatable bonds is 2. The van der Waals surface area contributed by atoms with Crippen molar-refractivity contribution in [2.45, 2.75) is 38.0 Å². The Hall–Kier alpha value is -1.96. The number of hydrogen-bond donors (Lipinski definition) is 2. The van der Waals surface area contributed by atoms with E-state index in [0.29, 0.717) is 11.7 Å². The lowest BCUT2D eigenvalue weighted by Gasteiger charge is -2.24. The molecule has 104 valence electrons. The average Bonchev–Trinajstić information content (AvgIpc) is 2.48. The van der Waals surface area contributed by atoms with E-state index in [2.05, 4.69) is 24.3 Å². The summed E-state index contributed by atoms with van der Waals surface area (Å²) in [7, 11) is 0. The summed E-state index contributed by atoms with van der Waals surface area (Å²) in [6, 6.07) is 8.11. The molecule has 0 aliphatic heterocycles. The highest BCUT2D eigenvalue weighted by atomic mass is 16.3. The second-order valence-corrected chi connectivity index (χ2v) is 5.62. The molecule has 2 aliphatic rings. The number of aliphatic hydroxyl groups excluding tert-OH is 1. The highest BCUT2D eigenvalue weighted by Crippen LogP contribution is 2.37. The molecule has 1 atom stereocenters. The largest absolute Gasteiger partial charge is 0.512 e. The van der Waals surface area contributed by atoms with Crippen LogP contribution in [0.5, 0.6) is 0 Å². The number of nitrogens with two attached hydrogens (primary N) is 1. The minimum Gasteiger partial charge on any atom is -0.512 e. The van der Waals surface area contributed by atoms with Gasteiger partial charge in [0, 0.05) is 23.6 Å². The predicted octanol–water partition coefficient (Wildman–Crippen LogP) is 4.62. The van der Waals surface area contributed by atoms with E-state index in [1.54, 1.807) is 0 Å². The number of allylic oxidation sites excluding steroid dienone is 6. The number of anilines is 1. The number of aliphatic hydroxyl groups is 1. The van der Waals surface area contributed by atoms with Gasteiger partial charge in [-0.3, -0.25) is 0 Å². The van der Waals surface area contributed by atoms with Crippen LogP contribution in [0.2, 0.25) is 0 Å². The second kappa shape index (κ2) is 5.58. The zero-order chi connectivity index (χ0) is 13.9. The van der Waals surface area contributed by atoms with Crippen molar-refractivity contribution >= 4 is 5.69 Å². The lowest BCUT2D eigenvalue weighted by atomic mass is 9.81. The van der Waals surface area contributed by atoms with Crippen LogP contribution in [0.4, 0.5) is 5.69 Å². The number of benzene rings is 1. The van der Waals surface area contributed by atoms with Crippen LogP contribution >= 0.6 is 0 Å². The third-order valence-corrected chi connectivity index (χ3v) is 4.25. The van der Waals surface area contributed by atoms with Crippen LogP contribution in [0.3, 0.4) is 0 Å². The summed E-state index contributed by atoms with van der Waals surface area (Å²) in [5, 5.41) is 10.1. The Morgan fingerprint density at radius 3 is 2.80 bits per heavy atom. The zero-order valence-electron chi connectivity index (χ0n) is 11.7. The maximum absolute atomic E-state index is 10.1. The fourth-order valence-electron chi connectivity index (χ4n) is 3.18. The van der Waals surface area contributed by atoms with E-state index in [1.165, 1.54) is 11.1 Å². The van der Waals surface area contributed by atoms with Crippen molar-refractivity contribution in [2.24, 2.45) is 0 Å². The molecule has 0 saturated heterocycles. The van der Waals surface area contributed by atoms with Gasteiger partial charge in [0.2, 0.25) is 0 Å². The predicted molar refractivity (Wildman–Crippen MR) is 83.6 cm³/mol. The van der Waals surface area contributed by atoms with Crippen molar-refractivity contribution < 1.29 is 5.11 Å². The van der Waals surface area contributed by atoms with Gasteiger partial charge in [-0.1, -0.05) is 36.4 Å². The van der Waals surface area contributed by atoms with Gasteiger partial charge in [0.05, 0.1) is 5.76 Å². The monoisotopic (exact) mass is 267 g/mol. The standard InChI is InChI=1S/C18H21NO/c19-17-10-3-1-8-15(17)13-6-5-7-14(12-13)16-9-2-4-11-18(16)20/h1-3,8-10,12-13,20H,4-7,11,19H2/t13-/m0/s1. The first-order chi connectivity index (χ1) is 9.75. The Morgan fingerprint density at radius 2 is 2.00 bits per heavy atom. The van der Waals surface area contributed by atoms with E-state index in [4.69, 9.17) is 5.73 Å². The summed E-state index contributed by atoms with van der Waals surface area (Å²) in [6.45, 7) is 0. The molecule has 3 N–H and O–H groups in total. The van der Waals surface area contributed by atoms with Crippen LogP contribution in [0, 0.1) is 0 Å². The Labute approximate surface area is 120 Å². The van der Waals surface area contributed by atoms with E-state index in [0.717, 1.165) is 43.4 Å². The molecule has 2 aliphatic carbocycles. The molecule has 0 radical (unpaired) electrons. The SMILES string of the molecule is Nc1ccccc1[C@@H]1C=C(C2=C(O)CCC=C2)CCC1. The first kappa shape index (κ1) is 13.0. The molecular formula is C18H21NO. The molecule has 0 fully saturated rings. The number of para-hydroxylation sites is 1. The van der Waals surface area contributed by atoms with Gasteiger partial charge in [-0.15, -0.1) is 0 Å². The van der Waals surface area contributed by atoms with Gasteiger partial charge < -0.3 is 10.8 Å². The lowest BCUT2D eigenvalue weighted by Crippen LogP contribution is -2.08. The Bertz CT molecular complexity index is 595. The first-order valence-corrected chi connectivity index (χ1v) is 7.40. The van der Waals surface area contributed by atoms with Gasteiger partial charge in [-0.2, -0.15) is 0 Å². The van der Waals surface area contributed by atoms with Crippen molar-refractivity contribution in [1.29, 1.82) is 0 Å². The molecule has 0 aromatic heterocycles. The van der Waals surface area contributed by atoms with Crippen molar-refractivity contribution in [2.75, 3.05) is 5.73 Å². The summed E-state index contributed by atoms with van der Waals surface area (Å²) in [5.41, 5.74) is 10.5. The number of hydrogen-bond acceptors (Lipinski definition) is 2. The van der Waals surface area contributed by atoms with Crippen LogP contribution in [-0.4, -0.2) is 5.11 Å². The highest BCUT2D eigenvalue weighted by Gasteiger charge is 2.20. The Kier molecular flexibility index (Phi) is 3.64. The molecular weight excluding hydrogens is 246 g/mol. The van der Waals surface area contributed by atoms with E-state index in [9.17, 15) is 5.11 Å². The summed E-state index contributed by atoms with van der Waals surface area (Å²) >= 11 is 0. The fourth-order valence-corrected chi connectivity index (χ4v) is 3.18. The molecule has 0 amide bonds. The maximum atomic E-state index is 10.1. The zero-order valence-corrected chi connectivity index (χ0v) is 11.7. The highest BCUT2D eigenvalue weighted by molar-refractivity contribution is 5.52. The van der Waals surface area contributed by atoms with Crippen molar-refractivity contribution in [1.82, 2.24) is 0 Å². The van der Waals surface area contributed by atoms with Gasteiger partial charge in [0.15, 0.2) is 0 Å². The third kappa shape index (κ3) is 2.51. The number of nitrogen functional groups attached to an aromatic ring is 1. The van der Waals surface area contributed by atoms with E-state index < -0.39 is 0 Å². The lowest BCUT2D eigenvalue weighted by molar-refractivity contribution is 0.382. The minimum absolute atomic E-state index is 0.371. The smallest absolute Gasteiger partial charge is 0.1000 e. The van der Waals surface area contributed by atoms with Crippen LogP contribution in [0.15, 0.2) is 59.4 Å². The molecule has 1 aromatic rings. The average molecular weight is 267 g/mol. The summed E-state index contributed by atoms with van der Waals surface area (Å²) in [4.78, 5) is 0. The van der Waals surface area contributed by atoms with Crippen LogP contribution in [0.25, 0.3) is 0 Å². The van der Waals surface area contributed by atoms with Gasteiger partial charge in [-0.05, 0) is 42.9 Å². The fraction of sp³-hybridized carbons (Fsp3) is 0.333. The maximum Gasteiger partial charge on any atom is 0.1000 e. The molecule has 2 heteroatoms.